The van der Waals surface area contributed by atoms with Gasteiger partial charge in [-0.2, -0.15) is 5.26 Å². The summed E-state index contributed by atoms with van der Waals surface area (Å²) in [5.41, 5.74) is 3.17. The number of benzene rings is 2. The van der Waals surface area contributed by atoms with Crippen LogP contribution in [-0.2, 0) is 13.2 Å². The zero-order chi connectivity index (χ0) is 15.2. The number of aryl methyl sites for hydroxylation is 1. The Morgan fingerprint density at radius 3 is 2.57 bits per heavy atom. The smallest absolute Gasteiger partial charge is 0.136 e. The lowest BCUT2D eigenvalue weighted by Crippen LogP contribution is -2.00. The number of hydrogen-bond donors (Lipinski definition) is 1. The molecule has 0 aliphatic carbocycles. The van der Waals surface area contributed by atoms with E-state index in [0.717, 1.165) is 16.7 Å². The lowest BCUT2D eigenvalue weighted by Gasteiger charge is -2.12. The molecule has 2 aromatic carbocycles. The van der Waals surface area contributed by atoms with Gasteiger partial charge in [0.25, 0.3) is 0 Å². The van der Waals surface area contributed by atoms with Gasteiger partial charge in [0, 0.05) is 5.56 Å². The molecular formula is C17H17NO3. The predicted molar refractivity (Wildman–Crippen MR) is 79.1 cm³/mol. The number of hydrogen-bond acceptors (Lipinski definition) is 4. The zero-order valence-corrected chi connectivity index (χ0v) is 12.1. The van der Waals surface area contributed by atoms with E-state index >= 15 is 0 Å². The lowest BCUT2D eigenvalue weighted by atomic mass is 10.1. The van der Waals surface area contributed by atoms with Crippen molar-refractivity contribution in [2.24, 2.45) is 0 Å². The summed E-state index contributed by atoms with van der Waals surface area (Å²) in [7, 11) is 1.53. The van der Waals surface area contributed by atoms with Crippen LogP contribution in [0.2, 0.25) is 0 Å². The third kappa shape index (κ3) is 3.53. The maximum absolute atomic E-state index is 9.35. The van der Waals surface area contributed by atoms with Gasteiger partial charge in [-0.25, -0.2) is 0 Å². The average molecular weight is 283 g/mol. The van der Waals surface area contributed by atoms with E-state index in [-0.39, 0.29) is 6.61 Å². The van der Waals surface area contributed by atoms with Crippen LogP contribution < -0.4 is 9.47 Å². The first-order chi connectivity index (χ1) is 10.2. The quantitative estimate of drug-likeness (QED) is 0.916. The molecular weight excluding hydrogens is 266 g/mol. The summed E-state index contributed by atoms with van der Waals surface area (Å²) in [4.78, 5) is 0. The van der Waals surface area contributed by atoms with Crippen molar-refractivity contribution >= 4 is 0 Å². The summed E-state index contributed by atoms with van der Waals surface area (Å²) in [5.74, 6) is 1.20. The normalized spacial score (nSPS) is 10.0. The highest BCUT2D eigenvalue weighted by atomic mass is 16.5. The summed E-state index contributed by atoms with van der Waals surface area (Å²) in [6, 6.07) is 13.1. The monoisotopic (exact) mass is 283 g/mol. The van der Waals surface area contributed by atoms with Crippen LogP contribution in [0.1, 0.15) is 22.3 Å². The van der Waals surface area contributed by atoms with Gasteiger partial charge in [0.1, 0.15) is 24.2 Å². The second kappa shape index (κ2) is 6.78. The number of nitriles is 1. The summed E-state index contributed by atoms with van der Waals surface area (Å²) < 4.78 is 10.8. The molecule has 4 heteroatoms. The van der Waals surface area contributed by atoms with Crippen LogP contribution in [0, 0.1) is 18.3 Å². The Labute approximate surface area is 124 Å². The highest BCUT2D eigenvalue weighted by Gasteiger charge is 2.06. The molecule has 108 valence electrons. The lowest BCUT2D eigenvalue weighted by molar-refractivity contribution is 0.259. The second-order valence-corrected chi connectivity index (χ2v) is 4.70. The van der Waals surface area contributed by atoms with Crippen LogP contribution in [0.15, 0.2) is 36.4 Å². The Kier molecular flexibility index (Phi) is 4.81. The summed E-state index contributed by atoms with van der Waals surface area (Å²) in [5, 5.41) is 18.4. The number of rotatable bonds is 5. The van der Waals surface area contributed by atoms with Gasteiger partial charge in [-0.15, -0.1) is 0 Å². The molecule has 0 amide bonds. The Morgan fingerprint density at radius 2 is 1.90 bits per heavy atom. The minimum Gasteiger partial charge on any atom is -0.495 e. The Balaban J connectivity index is 2.15. The van der Waals surface area contributed by atoms with Gasteiger partial charge in [0.05, 0.1) is 19.3 Å². The molecule has 0 spiro atoms. The molecule has 0 unspecified atom stereocenters. The van der Waals surface area contributed by atoms with Gasteiger partial charge in [-0.05, 0) is 30.7 Å². The molecule has 1 N–H and O–H groups in total. The molecule has 0 aliphatic rings. The predicted octanol–water partition coefficient (Wildman–Crippen LogP) is 2.95. The van der Waals surface area contributed by atoms with Crippen molar-refractivity contribution in [3.8, 4) is 17.6 Å². The van der Waals surface area contributed by atoms with E-state index in [9.17, 15) is 5.11 Å². The Hall–Kier alpha value is -2.51. The molecule has 0 saturated carbocycles. The van der Waals surface area contributed by atoms with Crippen molar-refractivity contribution in [1.29, 1.82) is 5.26 Å². The molecule has 0 aliphatic heterocycles. The third-order valence-corrected chi connectivity index (χ3v) is 3.17. The first kappa shape index (κ1) is 14.9. The number of aliphatic hydroxyl groups excluding tert-OH is 1. The van der Waals surface area contributed by atoms with Gasteiger partial charge >= 0.3 is 0 Å². The molecule has 4 nitrogen and oxygen atoms in total. The van der Waals surface area contributed by atoms with Crippen LogP contribution in [0.4, 0.5) is 0 Å². The minimum absolute atomic E-state index is 0.0664. The van der Waals surface area contributed by atoms with Crippen LogP contribution >= 0.6 is 0 Å². The SMILES string of the molecule is COc1ccc(COc2ccc(C)cc2CO)cc1C#N. The van der Waals surface area contributed by atoms with Crippen molar-refractivity contribution in [3.05, 3.63) is 58.7 Å². The first-order valence-corrected chi connectivity index (χ1v) is 6.58. The van der Waals surface area contributed by atoms with Crippen molar-refractivity contribution in [1.82, 2.24) is 0 Å². The second-order valence-electron chi connectivity index (χ2n) is 4.70. The van der Waals surface area contributed by atoms with Crippen molar-refractivity contribution in [3.63, 3.8) is 0 Å². The zero-order valence-electron chi connectivity index (χ0n) is 12.1. The van der Waals surface area contributed by atoms with Gasteiger partial charge in [-0.3, -0.25) is 0 Å². The standard InChI is InChI=1S/C17H17NO3/c1-12-3-5-17(15(7-12)10-19)21-11-13-4-6-16(20-2)14(8-13)9-18/h3-8,19H,10-11H2,1-2H3. The average Bonchev–Trinajstić information content (AvgIpc) is 2.53. The molecule has 2 rings (SSSR count). The van der Waals surface area contributed by atoms with E-state index < -0.39 is 0 Å². The number of methoxy groups -OCH3 is 1. The van der Waals surface area contributed by atoms with Crippen molar-refractivity contribution < 1.29 is 14.6 Å². The fourth-order valence-electron chi connectivity index (χ4n) is 2.07. The third-order valence-electron chi connectivity index (χ3n) is 3.17. The molecule has 2 aromatic rings. The largest absolute Gasteiger partial charge is 0.495 e. The highest BCUT2D eigenvalue weighted by Crippen LogP contribution is 2.23. The molecule has 21 heavy (non-hydrogen) atoms. The number of nitrogens with zero attached hydrogens (tertiary/aromatic N) is 1. The van der Waals surface area contributed by atoms with Crippen LogP contribution in [0.25, 0.3) is 0 Å². The number of ether oxygens (including phenoxy) is 2. The molecule has 0 fully saturated rings. The van der Waals surface area contributed by atoms with E-state index in [2.05, 4.69) is 6.07 Å². The number of aliphatic hydroxyl groups is 1. The van der Waals surface area contributed by atoms with Gasteiger partial charge in [-0.1, -0.05) is 23.8 Å². The fraction of sp³-hybridized carbons (Fsp3) is 0.235. The van der Waals surface area contributed by atoms with E-state index in [4.69, 9.17) is 14.7 Å². The van der Waals surface area contributed by atoms with Crippen molar-refractivity contribution in [2.45, 2.75) is 20.1 Å². The van der Waals surface area contributed by atoms with Crippen molar-refractivity contribution in [2.75, 3.05) is 7.11 Å². The highest BCUT2D eigenvalue weighted by molar-refractivity contribution is 5.45. The summed E-state index contributed by atoms with van der Waals surface area (Å²) in [6.07, 6.45) is 0. The molecule has 0 heterocycles. The maximum Gasteiger partial charge on any atom is 0.136 e. The Bertz CT molecular complexity index is 674. The van der Waals surface area contributed by atoms with E-state index in [1.165, 1.54) is 7.11 Å². The summed E-state index contributed by atoms with van der Waals surface area (Å²) in [6.45, 7) is 2.23. The maximum atomic E-state index is 9.35. The molecule has 0 saturated heterocycles. The fourth-order valence-corrected chi connectivity index (χ4v) is 2.07. The van der Waals surface area contributed by atoms with E-state index in [1.54, 1.807) is 12.1 Å². The summed E-state index contributed by atoms with van der Waals surface area (Å²) >= 11 is 0. The molecule has 0 radical (unpaired) electrons. The van der Waals surface area contributed by atoms with Gasteiger partial charge < -0.3 is 14.6 Å². The van der Waals surface area contributed by atoms with Crippen LogP contribution in [0.5, 0.6) is 11.5 Å². The van der Waals surface area contributed by atoms with Crippen LogP contribution in [-0.4, -0.2) is 12.2 Å². The van der Waals surface area contributed by atoms with Crippen LogP contribution in [0.3, 0.4) is 0 Å². The molecule has 0 atom stereocenters. The minimum atomic E-state index is -0.0664. The first-order valence-electron chi connectivity index (χ1n) is 6.58. The Morgan fingerprint density at radius 1 is 1.14 bits per heavy atom. The van der Waals surface area contributed by atoms with E-state index in [0.29, 0.717) is 23.7 Å². The molecule has 0 aromatic heterocycles. The van der Waals surface area contributed by atoms with Gasteiger partial charge in [0.2, 0.25) is 0 Å². The molecule has 0 bridgehead atoms. The topological polar surface area (TPSA) is 62.5 Å². The van der Waals surface area contributed by atoms with Gasteiger partial charge in [0.15, 0.2) is 0 Å². The van der Waals surface area contributed by atoms with E-state index in [1.807, 2.05) is 31.2 Å².